The Kier molecular flexibility index (Phi) is 6.68. The SMILES string of the molecule is CC#CC(=O)NC1CCCN(C(=O)CCc2cccc(OC)c2)C1. The molecule has 1 aromatic carbocycles. The third kappa shape index (κ3) is 5.31. The summed E-state index contributed by atoms with van der Waals surface area (Å²) in [5.74, 6) is 5.72. The van der Waals surface area contributed by atoms with Crippen molar-refractivity contribution in [3.05, 3.63) is 29.8 Å². The summed E-state index contributed by atoms with van der Waals surface area (Å²) < 4.78 is 5.20. The van der Waals surface area contributed by atoms with E-state index in [0.717, 1.165) is 30.7 Å². The van der Waals surface area contributed by atoms with Crippen molar-refractivity contribution >= 4 is 11.8 Å². The lowest BCUT2D eigenvalue weighted by molar-refractivity contribution is -0.133. The third-order valence-electron chi connectivity index (χ3n) is 4.11. The largest absolute Gasteiger partial charge is 0.497 e. The molecule has 1 saturated heterocycles. The van der Waals surface area contributed by atoms with E-state index in [9.17, 15) is 9.59 Å². The van der Waals surface area contributed by atoms with E-state index in [0.29, 0.717) is 19.4 Å². The second kappa shape index (κ2) is 8.97. The number of carbonyl (C=O) groups is 2. The van der Waals surface area contributed by atoms with E-state index in [-0.39, 0.29) is 17.9 Å². The van der Waals surface area contributed by atoms with Crippen LogP contribution in [0.3, 0.4) is 0 Å². The minimum absolute atomic E-state index is 0.00660. The lowest BCUT2D eigenvalue weighted by Crippen LogP contribution is -2.49. The molecule has 5 nitrogen and oxygen atoms in total. The van der Waals surface area contributed by atoms with Gasteiger partial charge in [-0.3, -0.25) is 9.59 Å². The van der Waals surface area contributed by atoms with Crippen LogP contribution in [0.25, 0.3) is 0 Å². The van der Waals surface area contributed by atoms with Crippen LogP contribution in [0, 0.1) is 11.8 Å². The molecule has 0 aliphatic carbocycles. The van der Waals surface area contributed by atoms with Crippen molar-refractivity contribution in [3.8, 4) is 17.6 Å². The van der Waals surface area contributed by atoms with Crippen LogP contribution in [-0.4, -0.2) is 43.0 Å². The molecule has 1 fully saturated rings. The van der Waals surface area contributed by atoms with Gasteiger partial charge in [0, 0.05) is 25.6 Å². The summed E-state index contributed by atoms with van der Waals surface area (Å²) in [6.07, 6.45) is 2.93. The standard InChI is InChI=1S/C19H24N2O3/c1-3-6-18(22)20-16-8-5-12-21(14-16)19(23)11-10-15-7-4-9-17(13-15)24-2/h4,7,9,13,16H,5,8,10-12,14H2,1-2H3,(H,20,22). The van der Waals surface area contributed by atoms with Crippen LogP contribution >= 0.6 is 0 Å². The summed E-state index contributed by atoms with van der Waals surface area (Å²) in [6.45, 7) is 2.95. The van der Waals surface area contributed by atoms with Crippen molar-refractivity contribution in [1.29, 1.82) is 0 Å². The summed E-state index contributed by atoms with van der Waals surface area (Å²) in [7, 11) is 1.63. The molecular formula is C19H24N2O3. The number of hydrogen-bond donors (Lipinski definition) is 1. The number of rotatable bonds is 5. The van der Waals surface area contributed by atoms with Gasteiger partial charge in [-0.25, -0.2) is 0 Å². The van der Waals surface area contributed by atoms with Crippen LogP contribution in [0.15, 0.2) is 24.3 Å². The summed E-state index contributed by atoms with van der Waals surface area (Å²) in [4.78, 5) is 25.8. The Morgan fingerprint density at radius 1 is 1.42 bits per heavy atom. The van der Waals surface area contributed by atoms with Gasteiger partial charge in [0.05, 0.1) is 7.11 Å². The Labute approximate surface area is 143 Å². The molecule has 1 unspecified atom stereocenters. The molecule has 1 aromatic rings. The first-order valence-corrected chi connectivity index (χ1v) is 8.26. The number of aryl methyl sites for hydroxylation is 1. The molecule has 1 atom stereocenters. The number of piperidine rings is 1. The molecule has 1 N–H and O–H groups in total. The average Bonchev–Trinajstić information content (AvgIpc) is 2.60. The number of nitrogens with zero attached hydrogens (tertiary/aromatic N) is 1. The number of methoxy groups -OCH3 is 1. The predicted molar refractivity (Wildman–Crippen MR) is 92.5 cm³/mol. The highest BCUT2D eigenvalue weighted by Gasteiger charge is 2.24. The van der Waals surface area contributed by atoms with E-state index < -0.39 is 0 Å². The summed E-state index contributed by atoms with van der Waals surface area (Å²) in [5.41, 5.74) is 1.09. The molecular weight excluding hydrogens is 304 g/mol. The van der Waals surface area contributed by atoms with Gasteiger partial charge in [-0.05, 0) is 49.8 Å². The van der Waals surface area contributed by atoms with Gasteiger partial charge >= 0.3 is 0 Å². The van der Waals surface area contributed by atoms with Crippen molar-refractivity contribution in [2.45, 2.75) is 38.6 Å². The Morgan fingerprint density at radius 3 is 3.00 bits per heavy atom. The zero-order valence-electron chi connectivity index (χ0n) is 14.3. The smallest absolute Gasteiger partial charge is 0.296 e. The van der Waals surface area contributed by atoms with Crippen LogP contribution in [0.5, 0.6) is 5.75 Å². The Bertz CT molecular complexity index is 646. The van der Waals surface area contributed by atoms with Gasteiger partial charge in [-0.2, -0.15) is 0 Å². The number of hydrogen-bond acceptors (Lipinski definition) is 3. The Balaban J connectivity index is 1.84. The molecule has 24 heavy (non-hydrogen) atoms. The number of amides is 2. The first kappa shape index (κ1) is 17.9. The predicted octanol–water partition coefficient (Wildman–Crippen LogP) is 1.76. The number of nitrogens with one attached hydrogen (secondary N) is 1. The van der Waals surface area contributed by atoms with Crippen LogP contribution in [0.4, 0.5) is 0 Å². The number of likely N-dealkylation sites (tertiary alicyclic amines) is 1. The zero-order chi connectivity index (χ0) is 17.4. The van der Waals surface area contributed by atoms with Crippen molar-refractivity contribution in [3.63, 3.8) is 0 Å². The highest BCUT2D eigenvalue weighted by molar-refractivity contribution is 5.93. The topological polar surface area (TPSA) is 58.6 Å². The lowest BCUT2D eigenvalue weighted by atomic mass is 10.0. The minimum atomic E-state index is -0.270. The fourth-order valence-corrected chi connectivity index (χ4v) is 2.89. The first-order valence-electron chi connectivity index (χ1n) is 8.26. The summed E-state index contributed by atoms with van der Waals surface area (Å²) >= 11 is 0. The first-order chi connectivity index (χ1) is 11.6. The molecule has 0 bridgehead atoms. The van der Waals surface area contributed by atoms with E-state index in [1.54, 1.807) is 14.0 Å². The molecule has 0 spiro atoms. The maximum absolute atomic E-state index is 12.4. The molecule has 2 amide bonds. The second-order valence-electron chi connectivity index (χ2n) is 5.88. The highest BCUT2D eigenvalue weighted by Crippen LogP contribution is 2.16. The lowest BCUT2D eigenvalue weighted by Gasteiger charge is -2.33. The van der Waals surface area contributed by atoms with E-state index in [2.05, 4.69) is 17.2 Å². The van der Waals surface area contributed by atoms with Crippen LogP contribution < -0.4 is 10.1 Å². The van der Waals surface area contributed by atoms with Crippen molar-refractivity contribution in [1.82, 2.24) is 10.2 Å². The van der Waals surface area contributed by atoms with Crippen LogP contribution in [0.1, 0.15) is 31.7 Å². The van der Waals surface area contributed by atoms with Gasteiger partial charge in [-0.1, -0.05) is 18.1 Å². The van der Waals surface area contributed by atoms with Crippen LogP contribution in [-0.2, 0) is 16.0 Å². The quantitative estimate of drug-likeness (QED) is 0.838. The number of carbonyl (C=O) groups excluding carboxylic acids is 2. The van der Waals surface area contributed by atoms with Gasteiger partial charge < -0.3 is 15.0 Å². The van der Waals surface area contributed by atoms with Crippen molar-refractivity contribution in [2.24, 2.45) is 0 Å². The monoisotopic (exact) mass is 328 g/mol. The van der Waals surface area contributed by atoms with Crippen LogP contribution in [0.2, 0.25) is 0 Å². The minimum Gasteiger partial charge on any atom is -0.497 e. The number of ether oxygens (including phenoxy) is 1. The number of benzene rings is 1. The molecule has 0 radical (unpaired) electrons. The van der Waals surface area contributed by atoms with E-state index in [1.807, 2.05) is 29.2 Å². The maximum Gasteiger partial charge on any atom is 0.296 e. The summed E-state index contributed by atoms with van der Waals surface area (Å²) in [5, 5.41) is 2.87. The van der Waals surface area contributed by atoms with Gasteiger partial charge in [0.2, 0.25) is 5.91 Å². The molecule has 2 rings (SSSR count). The van der Waals surface area contributed by atoms with E-state index in [4.69, 9.17) is 4.74 Å². The van der Waals surface area contributed by atoms with Gasteiger partial charge in [0.15, 0.2) is 0 Å². The highest BCUT2D eigenvalue weighted by atomic mass is 16.5. The second-order valence-corrected chi connectivity index (χ2v) is 5.88. The van der Waals surface area contributed by atoms with E-state index >= 15 is 0 Å². The van der Waals surface area contributed by atoms with Crippen molar-refractivity contribution in [2.75, 3.05) is 20.2 Å². The summed E-state index contributed by atoms with van der Waals surface area (Å²) in [6, 6.07) is 7.77. The Hall–Kier alpha value is -2.48. The van der Waals surface area contributed by atoms with Gasteiger partial charge in [0.25, 0.3) is 5.91 Å². The average molecular weight is 328 g/mol. The molecule has 1 aliphatic heterocycles. The van der Waals surface area contributed by atoms with Gasteiger partial charge in [0.1, 0.15) is 5.75 Å². The van der Waals surface area contributed by atoms with Gasteiger partial charge in [-0.15, -0.1) is 0 Å². The van der Waals surface area contributed by atoms with Crippen molar-refractivity contribution < 1.29 is 14.3 Å². The molecule has 1 heterocycles. The molecule has 0 saturated carbocycles. The Morgan fingerprint density at radius 2 is 2.25 bits per heavy atom. The van der Waals surface area contributed by atoms with E-state index in [1.165, 1.54) is 0 Å². The molecule has 128 valence electrons. The maximum atomic E-state index is 12.4. The third-order valence-corrected chi connectivity index (χ3v) is 4.11. The fraction of sp³-hybridized carbons (Fsp3) is 0.474. The molecule has 0 aromatic heterocycles. The molecule has 5 heteroatoms. The zero-order valence-corrected chi connectivity index (χ0v) is 14.3. The fourth-order valence-electron chi connectivity index (χ4n) is 2.89. The normalized spacial score (nSPS) is 16.8. The molecule has 1 aliphatic rings.